The van der Waals surface area contributed by atoms with Gasteiger partial charge in [-0.2, -0.15) is 17.6 Å². The van der Waals surface area contributed by atoms with Gasteiger partial charge in [0.05, 0.1) is 36.5 Å². The maximum atomic E-state index is 15.4. The van der Waals surface area contributed by atoms with Crippen molar-refractivity contribution in [3.8, 4) is 0 Å². The molecule has 2 fully saturated rings. The minimum Gasteiger partial charge on any atom is -0.391 e. The zero-order chi connectivity index (χ0) is 27.0. The van der Waals surface area contributed by atoms with Crippen LogP contribution in [0.2, 0.25) is 0 Å². The summed E-state index contributed by atoms with van der Waals surface area (Å²) in [6.07, 6.45) is -4.23. The molecule has 0 aromatic carbocycles. The first kappa shape index (κ1) is 32.0. The standard InChI is InChI=1S/C22H25F6N7O2.2CH4/c23-18-19(31-6-12-3-4-34(8-16(12)36)9-17(29)37)32-11-33-20(18)35-10-21(24,25)5-15(35)14-2-1-13(7-30-14)22(26,27)28;;/h1-2,7,11-12,15-16,36H,3-6,8-10H2,(H2,29,37)(H,31,32,33);2*1H4/t12-,15-,16+;;/m1../s1. The summed E-state index contributed by atoms with van der Waals surface area (Å²) >= 11 is 0. The number of rotatable bonds is 7. The smallest absolute Gasteiger partial charge is 0.391 e. The van der Waals surface area contributed by atoms with Gasteiger partial charge in [-0.15, -0.1) is 0 Å². The number of carbonyl (C=O) groups excluding carboxylic acids is 1. The lowest BCUT2D eigenvalue weighted by Gasteiger charge is -2.35. The zero-order valence-corrected chi connectivity index (χ0v) is 19.4. The molecule has 4 N–H and O–H groups in total. The summed E-state index contributed by atoms with van der Waals surface area (Å²) in [6, 6.07) is 0.512. The van der Waals surface area contributed by atoms with Gasteiger partial charge in [-0.3, -0.25) is 14.7 Å². The van der Waals surface area contributed by atoms with Crippen LogP contribution in [-0.4, -0.2) is 75.6 Å². The van der Waals surface area contributed by atoms with Crippen LogP contribution >= 0.6 is 0 Å². The molecule has 39 heavy (non-hydrogen) atoms. The van der Waals surface area contributed by atoms with Gasteiger partial charge in [0, 0.05) is 31.6 Å². The number of amides is 1. The van der Waals surface area contributed by atoms with Gasteiger partial charge in [0.1, 0.15) is 6.33 Å². The SMILES string of the molecule is C.C.NC(=O)CN1CC[C@H](CNc2ncnc(N3CC(F)(F)C[C@@H]3c3ccc(C(F)(F)F)cn3)c2F)[C@@H](O)C1. The van der Waals surface area contributed by atoms with Crippen LogP contribution in [0.1, 0.15) is 45.0 Å². The first-order valence-corrected chi connectivity index (χ1v) is 11.4. The number of primary amides is 1. The van der Waals surface area contributed by atoms with Gasteiger partial charge in [-0.1, -0.05) is 14.9 Å². The number of aromatic nitrogens is 3. The summed E-state index contributed by atoms with van der Waals surface area (Å²) in [5.41, 5.74) is 4.07. The van der Waals surface area contributed by atoms with Crippen molar-refractivity contribution in [3.05, 3.63) is 41.7 Å². The predicted molar refractivity (Wildman–Crippen MR) is 133 cm³/mol. The number of halogens is 6. The Kier molecular flexibility index (Phi) is 10.1. The Morgan fingerprint density at radius 3 is 2.51 bits per heavy atom. The van der Waals surface area contributed by atoms with Crippen molar-refractivity contribution >= 4 is 17.5 Å². The molecule has 0 spiro atoms. The third kappa shape index (κ3) is 7.47. The number of likely N-dealkylation sites (tertiary alicyclic amines) is 1. The molecule has 0 bridgehead atoms. The van der Waals surface area contributed by atoms with E-state index >= 15 is 4.39 Å². The zero-order valence-electron chi connectivity index (χ0n) is 19.4. The molecule has 0 unspecified atom stereocenters. The number of nitrogens with zero attached hydrogens (tertiary/aromatic N) is 5. The molecule has 218 valence electrons. The quantitative estimate of drug-likeness (QED) is 0.437. The monoisotopic (exact) mass is 565 g/mol. The molecular weight excluding hydrogens is 532 g/mol. The number of pyridine rings is 1. The van der Waals surface area contributed by atoms with E-state index in [2.05, 4.69) is 20.3 Å². The third-order valence-electron chi connectivity index (χ3n) is 6.48. The summed E-state index contributed by atoms with van der Waals surface area (Å²) in [6.45, 7) is -0.0910. The number of hydrogen-bond acceptors (Lipinski definition) is 8. The van der Waals surface area contributed by atoms with Crippen molar-refractivity contribution in [2.24, 2.45) is 11.7 Å². The van der Waals surface area contributed by atoms with Crippen LogP contribution in [0.25, 0.3) is 0 Å². The molecule has 2 aliphatic rings. The maximum absolute atomic E-state index is 15.4. The number of β-amino-alcohol motifs (C(OH)–C–C–N with tert-alkyl or cyclic N) is 1. The Hall–Kier alpha value is -3.20. The molecule has 2 aliphatic heterocycles. The number of anilines is 2. The van der Waals surface area contributed by atoms with E-state index in [1.165, 1.54) is 0 Å². The molecule has 2 aromatic heterocycles. The van der Waals surface area contributed by atoms with Gasteiger partial charge in [0.15, 0.2) is 11.6 Å². The highest BCUT2D eigenvalue weighted by Gasteiger charge is 2.48. The summed E-state index contributed by atoms with van der Waals surface area (Å²) in [5.74, 6) is -5.82. The minimum absolute atomic E-state index is 0. The number of piperidine rings is 1. The normalized spacial score (nSPS) is 23.1. The van der Waals surface area contributed by atoms with E-state index in [0.29, 0.717) is 19.2 Å². The van der Waals surface area contributed by atoms with Crippen LogP contribution in [-0.2, 0) is 11.0 Å². The lowest BCUT2D eigenvalue weighted by Crippen LogP contribution is -2.48. The second kappa shape index (κ2) is 12.3. The van der Waals surface area contributed by atoms with Crippen molar-refractivity contribution in [1.29, 1.82) is 0 Å². The average Bonchev–Trinajstić information content (AvgIpc) is 3.13. The summed E-state index contributed by atoms with van der Waals surface area (Å²) in [4.78, 5) is 25.1. The van der Waals surface area contributed by atoms with E-state index in [1.807, 2.05) is 0 Å². The highest BCUT2D eigenvalue weighted by Crippen LogP contribution is 2.44. The van der Waals surface area contributed by atoms with E-state index in [4.69, 9.17) is 5.73 Å². The second-order valence-electron chi connectivity index (χ2n) is 9.23. The Morgan fingerprint density at radius 1 is 1.21 bits per heavy atom. The fourth-order valence-electron chi connectivity index (χ4n) is 4.63. The van der Waals surface area contributed by atoms with Crippen molar-refractivity contribution in [1.82, 2.24) is 19.9 Å². The van der Waals surface area contributed by atoms with Crippen molar-refractivity contribution in [2.45, 2.75) is 51.9 Å². The fourth-order valence-corrected chi connectivity index (χ4v) is 4.63. The molecular formula is C24H33F6N7O2. The van der Waals surface area contributed by atoms with Gasteiger partial charge in [-0.05, 0) is 25.1 Å². The molecule has 3 atom stereocenters. The number of aliphatic hydroxyl groups excluding tert-OH is 1. The number of nitrogens with two attached hydrogens (primary N) is 1. The maximum Gasteiger partial charge on any atom is 0.417 e. The summed E-state index contributed by atoms with van der Waals surface area (Å²) < 4.78 is 82.8. The number of aliphatic hydroxyl groups is 1. The van der Waals surface area contributed by atoms with Gasteiger partial charge in [-0.25, -0.2) is 18.7 Å². The van der Waals surface area contributed by atoms with Crippen molar-refractivity contribution in [3.63, 3.8) is 0 Å². The van der Waals surface area contributed by atoms with E-state index in [1.54, 1.807) is 4.90 Å². The molecule has 4 rings (SSSR count). The second-order valence-corrected chi connectivity index (χ2v) is 9.23. The van der Waals surface area contributed by atoms with Crippen LogP contribution in [0.3, 0.4) is 0 Å². The number of alkyl halides is 5. The van der Waals surface area contributed by atoms with Crippen LogP contribution in [0.15, 0.2) is 24.7 Å². The van der Waals surface area contributed by atoms with E-state index in [0.717, 1.165) is 23.4 Å². The van der Waals surface area contributed by atoms with Gasteiger partial charge in [0.2, 0.25) is 11.7 Å². The fraction of sp³-hybridized carbons (Fsp3) is 0.583. The minimum atomic E-state index is -4.64. The third-order valence-corrected chi connectivity index (χ3v) is 6.48. The molecule has 0 saturated carbocycles. The van der Waals surface area contributed by atoms with E-state index in [-0.39, 0.29) is 51.9 Å². The van der Waals surface area contributed by atoms with Crippen LogP contribution in [0.5, 0.6) is 0 Å². The molecule has 0 aliphatic carbocycles. The van der Waals surface area contributed by atoms with Crippen LogP contribution < -0.4 is 16.0 Å². The highest BCUT2D eigenvalue weighted by molar-refractivity contribution is 5.75. The van der Waals surface area contributed by atoms with E-state index in [9.17, 15) is 31.9 Å². The Bertz CT molecular complexity index is 1120. The van der Waals surface area contributed by atoms with E-state index < -0.39 is 60.3 Å². The predicted octanol–water partition coefficient (Wildman–Crippen LogP) is 3.47. The molecule has 1 amide bonds. The van der Waals surface area contributed by atoms with Crippen molar-refractivity contribution < 1.29 is 36.2 Å². The molecule has 4 heterocycles. The first-order valence-electron chi connectivity index (χ1n) is 11.4. The topological polar surface area (TPSA) is 120 Å². The summed E-state index contributed by atoms with van der Waals surface area (Å²) in [5, 5.41) is 13.2. The Balaban J connectivity index is 0.00000267. The number of nitrogens with one attached hydrogen (secondary N) is 1. The average molecular weight is 566 g/mol. The molecule has 2 aromatic rings. The Morgan fingerprint density at radius 2 is 1.92 bits per heavy atom. The largest absolute Gasteiger partial charge is 0.417 e. The molecule has 0 radical (unpaired) electrons. The van der Waals surface area contributed by atoms with Gasteiger partial charge >= 0.3 is 6.18 Å². The highest BCUT2D eigenvalue weighted by atomic mass is 19.4. The molecule has 2 saturated heterocycles. The molecule has 15 heteroatoms. The number of hydrogen-bond donors (Lipinski definition) is 3. The lowest BCUT2D eigenvalue weighted by molar-refractivity contribution is -0.137. The van der Waals surface area contributed by atoms with Crippen LogP contribution in [0.4, 0.5) is 38.0 Å². The molecule has 9 nitrogen and oxygen atoms in total. The summed E-state index contributed by atoms with van der Waals surface area (Å²) in [7, 11) is 0. The number of carbonyl (C=O) groups is 1. The lowest BCUT2D eigenvalue weighted by atomic mass is 9.93. The van der Waals surface area contributed by atoms with Crippen molar-refractivity contribution in [2.75, 3.05) is 42.9 Å². The van der Waals surface area contributed by atoms with Gasteiger partial charge < -0.3 is 21.1 Å². The first-order chi connectivity index (χ1) is 17.3. The Labute approximate surface area is 222 Å². The van der Waals surface area contributed by atoms with Crippen LogP contribution in [0, 0.1) is 11.7 Å². The van der Waals surface area contributed by atoms with Gasteiger partial charge in [0.25, 0.3) is 5.92 Å².